The highest BCUT2D eigenvalue weighted by atomic mass is 19.1. The van der Waals surface area contributed by atoms with E-state index in [0.717, 1.165) is 35.5 Å². The first-order valence-corrected chi connectivity index (χ1v) is 9.65. The van der Waals surface area contributed by atoms with Crippen LogP contribution in [0.1, 0.15) is 36.4 Å². The van der Waals surface area contributed by atoms with Gasteiger partial charge in [0.15, 0.2) is 23.1 Å². The molecule has 1 amide bonds. The summed E-state index contributed by atoms with van der Waals surface area (Å²) in [4.78, 5) is 12.5. The molecule has 0 radical (unpaired) electrons. The maximum Gasteiger partial charge on any atom is 0.220 e. The minimum absolute atomic E-state index is 0.0315. The summed E-state index contributed by atoms with van der Waals surface area (Å²) < 4.78 is 30.0. The average molecular weight is 385 g/mol. The number of carbonyl (C=O) groups excluding carboxylic acids is 1. The zero-order chi connectivity index (χ0) is 19.5. The van der Waals surface area contributed by atoms with Gasteiger partial charge in [-0.2, -0.15) is 0 Å². The zero-order valence-corrected chi connectivity index (χ0v) is 15.9. The van der Waals surface area contributed by atoms with Gasteiger partial charge in [-0.25, -0.2) is 4.39 Å². The first-order valence-electron chi connectivity index (χ1n) is 9.65. The van der Waals surface area contributed by atoms with Crippen LogP contribution in [0.15, 0.2) is 36.4 Å². The van der Waals surface area contributed by atoms with Crippen LogP contribution >= 0.6 is 0 Å². The molecule has 1 N–H and O–H groups in total. The number of nitrogens with one attached hydrogen (secondary N) is 1. The molecule has 1 fully saturated rings. The van der Waals surface area contributed by atoms with Crippen LogP contribution < -0.4 is 19.5 Å². The quantitative estimate of drug-likeness (QED) is 0.788. The lowest BCUT2D eigenvalue weighted by molar-refractivity contribution is -0.122. The summed E-state index contributed by atoms with van der Waals surface area (Å²) in [5, 5.41) is 3.16. The monoisotopic (exact) mass is 385 g/mol. The number of amides is 1. The van der Waals surface area contributed by atoms with Crippen molar-refractivity contribution in [2.75, 3.05) is 20.3 Å². The molecule has 0 bridgehead atoms. The van der Waals surface area contributed by atoms with E-state index in [1.54, 1.807) is 12.1 Å². The Hall–Kier alpha value is -2.76. The molecule has 1 aliphatic carbocycles. The topological polar surface area (TPSA) is 56.8 Å². The molecular formula is C22H24FNO4. The lowest BCUT2D eigenvalue weighted by Crippen LogP contribution is -2.30. The molecule has 6 heteroatoms. The van der Waals surface area contributed by atoms with E-state index < -0.39 is 5.82 Å². The molecular weight excluding hydrogens is 361 g/mol. The number of carbonyl (C=O) groups is 1. The molecule has 2 aromatic rings. The normalized spacial score (nSPS) is 16.4. The molecule has 1 unspecified atom stereocenters. The molecule has 0 aromatic heterocycles. The minimum atomic E-state index is -0.410. The van der Waals surface area contributed by atoms with E-state index in [9.17, 15) is 9.18 Å². The highest BCUT2D eigenvalue weighted by Gasteiger charge is 2.34. The van der Waals surface area contributed by atoms with Crippen molar-refractivity contribution in [3.63, 3.8) is 0 Å². The second kappa shape index (κ2) is 8.09. The summed E-state index contributed by atoms with van der Waals surface area (Å²) in [6.07, 6.45) is 2.98. The van der Waals surface area contributed by atoms with Crippen molar-refractivity contribution in [1.29, 1.82) is 0 Å². The minimum Gasteiger partial charge on any atom is -0.494 e. The maximum atomic E-state index is 13.8. The fraction of sp³-hybridized carbons (Fsp3) is 0.409. The van der Waals surface area contributed by atoms with Crippen molar-refractivity contribution in [2.24, 2.45) is 5.92 Å². The number of fused-ring (bicyclic) bond motifs is 1. The summed E-state index contributed by atoms with van der Waals surface area (Å²) >= 11 is 0. The van der Waals surface area contributed by atoms with Crippen LogP contribution in [-0.4, -0.2) is 26.2 Å². The Morgan fingerprint density at radius 3 is 2.68 bits per heavy atom. The molecule has 2 aliphatic rings. The fourth-order valence-electron chi connectivity index (χ4n) is 3.53. The van der Waals surface area contributed by atoms with Crippen molar-refractivity contribution in [1.82, 2.24) is 5.32 Å². The van der Waals surface area contributed by atoms with E-state index in [-0.39, 0.29) is 17.7 Å². The van der Waals surface area contributed by atoms with Crippen LogP contribution in [0.25, 0.3) is 0 Å². The smallest absolute Gasteiger partial charge is 0.220 e. The SMILES string of the molecule is COc1ccc(CCC(=O)NC(c2ccc3c(c2)OCCO3)C2CC2)cc1F. The maximum absolute atomic E-state index is 13.8. The molecule has 5 nitrogen and oxygen atoms in total. The Balaban J connectivity index is 1.39. The Labute approximate surface area is 163 Å². The molecule has 1 atom stereocenters. The highest BCUT2D eigenvalue weighted by molar-refractivity contribution is 5.77. The van der Waals surface area contributed by atoms with Crippen molar-refractivity contribution >= 4 is 5.91 Å². The van der Waals surface area contributed by atoms with Gasteiger partial charge in [-0.1, -0.05) is 12.1 Å². The molecule has 28 heavy (non-hydrogen) atoms. The Morgan fingerprint density at radius 1 is 1.18 bits per heavy atom. The molecule has 0 spiro atoms. The van der Waals surface area contributed by atoms with Gasteiger partial charge in [0, 0.05) is 6.42 Å². The number of rotatable bonds is 7. The van der Waals surface area contributed by atoms with Gasteiger partial charge in [0.05, 0.1) is 13.2 Å². The van der Waals surface area contributed by atoms with E-state index in [1.807, 2.05) is 18.2 Å². The van der Waals surface area contributed by atoms with Crippen LogP contribution in [0, 0.1) is 11.7 Å². The summed E-state index contributed by atoms with van der Waals surface area (Å²) in [6, 6.07) is 10.6. The number of hydrogen-bond acceptors (Lipinski definition) is 4. The highest BCUT2D eigenvalue weighted by Crippen LogP contribution is 2.43. The van der Waals surface area contributed by atoms with Gasteiger partial charge in [0.25, 0.3) is 0 Å². The number of halogens is 1. The second-order valence-electron chi connectivity index (χ2n) is 7.25. The third-order valence-electron chi connectivity index (χ3n) is 5.19. The summed E-state index contributed by atoms with van der Waals surface area (Å²) in [6.45, 7) is 1.09. The van der Waals surface area contributed by atoms with E-state index in [4.69, 9.17) is 14.2 Å². The number of ether oxygens (including phenoxy) is 3. The van der Waals surface area contributed by atoms with Gasteiger partial charge in [-0.3, -0.25) is 4.79 Å². The first kappa shape index (κ1) is 18.6. The van der Waals surface area contributed by atoms with Gasteiger partial charge in [-0.05, 0) is 60.6 Å². The number of methoxy groups -OCH3 is 1. The largest absolute Gasteiger partial charge is 0.494 e. The van der Waals surface area contributed by atoms with E-state index >= 15 is 0 Å². The van der Waals surface area contributed by atoms with Crippen LogP contribution in [0.5, 0.6) is 17.2 Å². The van der Waals surface area contributed by atoms with E-state index in [1.165, 1.54) is 13.2 Å². The molecule has 2 aromatic carbocycles. The number of aryl methyl sites for hydroxylation is 1. The first-order chi connectivity index (χ1) is 13.6. The standard InChI is InChI=1S/C22H24FNO4/c1-26-18-7-2-14(12-17(18)23)3-9-21(25)24-22(15-4-5-15)16-6-8-19-20(13-16)28-11-10-27-19/h2,6-8,12-13,15,22H,3-5,9-11H2,1H3,(H,24,25). The van der Waals surface area contributed by atoms with Crippen LogP contribution in [0.4, 0.5) is 4.39 Å². The third kappa shape index (κ3) is 4.21. The predicted octanol–water partition coefficient (Wildman–Crippen LogP) is 3.81. The molecule has 1 aliphatic heterocycles. The third-order valence-corrected chi connectivity index (χ3v) is 5.19. The number of hydrogen-bond donors (Lipinski definition) is 1. The summed E-state index contributed by atoms with van der Waals surface area (Å²) in [7, 11) is 1.43. The van der Waals surface area contributed by atoms with Gasteiger partial charge in [0.2, 0.25) is 5.91 Å². The van der Waals surface area contributed by atoms with Crippen molar-refractivity contribution in [2.45, 2.75) is 31.7 Å². The summed E-state index contributed by atoms with van der Waals surface area (Å²) in [5.74, 6) is 1.69. The van der Waals surface area contributed by atoms with Crippen molar-refractivity contribution in [3.05, 3.63) is 53.3 Å². The van der Waals surface area contributed by atoms with Crippen LogP contribution in [0.3, 0.4) is 0 Å². The van der Waals surface area contributed by atoms with Gasteiger partial charge in [0.1, 0.15) is 13.2 Å². The van der Waals surface area contributed by atoms with Crippen molar-refractivity contribution in [3.8, 4) is 17.2 Å². The van der Waals surface area contributed by atoms with Gasteiger partial charge >= 0.3 is 0 Å². The summed E-state index contributed by atoms with van der Waals surface area (Å²) in [5.41, 5.74) is 1.81. The zero-order valence-electron chi connectivity index (χ0n) is 15.9. The van der Waals surface area contributed by atoms with Crippen LogP contribution in [-0.2, 0) is 11.2 Å². The molecule has 1 saturated carbocycles. The lowest BCUT2D eigenvalue weighted by atomic mass is 10.0. The van der Waals surface area contributed by atoms with Gasteiger partial charge in [-0.15, -0.1) is 0 Å². The van der Waals surface area contributed by atoms with Crippen molar-refractivity contribution < 1.29 is 23.4 Å². The second-order valence-corrected chi connectivity index (χ2v) is 7.25. The van der Waals surface area contributed by atoms with Gasteiger partial charge < -0.3 is 19.5 Å². The van der Waals surface area contributed by atoms with E-state index in [2.05, 4.69) is 5.32 Å². The number of benzene rings is 2. The Bertz CT molecular complexity index is 866. The Morgan fingerprint density at radius 2 is 1.96 bits per heavy atom. The molecule has 0 saturated heterocycles. The molecule has 4 rings (SSSR count). The van der Waals surface area contributed by atoms with E-state index in [0.29, 0.717) is 32.0 Å². The molecule has 148 valence electrons. The predicted molar refractivity (Wildman–Crippen MR) is 102 cm³/mol. The lowest BCUT2D eigenvalue weighted by Gasteiger charge is -2.23. The van der Waals surface area contributed by atoms with Crippen LogP contribution in [0.2, 0.25) is 0 Å². The molecule has 1 heterocycles. The fourth-order valence-corrected chi connectivity index (χ4v) is 3.53. The Kier molecular flexibility index (Phi) is 5.37. The average Bonchev–Trinajstić information content (AvgIpc) is 3.55.